The maximum Gasteiger partial charge on any atom is 0.132 e. The fraction of sp³-hybridized carbons (Fsp3) is 0.238. The van der Waals surface area contributed by atoms with E-state index in [0.717, 1.165) is 48.0 Å². The highest BCUT2D eigenvalue weighted by molar-refractivity contribution is 5.58. The van der Waals surface area contributed by atoms with E-state index in [1.54, 1.807) is 6.26 Å². The second-order valence-corrected chi connectivity index (χ2v) is 6.36. The van der Waals surface area contributed by atoms with Crippen molar-refractivity contribution in [2.24, 2.45) is 7.05 Å². The third kappa shape index (κ3) is 3.61. The van der Waals surface area contributed by atoms with Crippen LogP contribution in [0.4, 0.5) is 5.82 Å². The van der Waals surface area contributed by atoms with E-state index in [1.807, 2.05) is 30.5 Å². The van der Waals surface area contributed by atoms with E-state index < -0.39 is 0 Å². The van der Waals surface area contributed by atoms with Crippen molar-refractivity contribution >= 4 is 5.82 Å². The average molecular weight is 346 g/mol. The molecule has 0 fully saturated rings. The fourth-order valence-electron chi connectivity index (χ4n) is 3.09. The van der Waals surface area contributed by atoms with E-state index in [-0.39, 0.29) is 0 Å². The summed E-state index contributed by atoms with van der Waals surface area (Å²) in [7, 11) is 2.05. The molecule has 0 unspecified atom stereocenters. The summed E-state index contributed by atoms with van der Waals surface area (Å²) in [6.07, 6.45) is 7.46. The van der Waals surface area contributed by atoms with Crippen LogP contribution in [0.5, 0.6) is 0 Å². The number of pyridine rings is 1. The number of rotatable bonds is 5. The van der Waals surface area contributed by atoms with Crippen LogP contribution in [-0.4, -0.2) is 27.7 Å². The Morgan fingerprint density at radius 2 is 1.88 bits per heavy atom. The topological polar surface area (TPSA) is 43.2 Å². The summed E-state index contributed by atoms with van der Waals surface area (Å²) in [5, 5.41) is 0. The predicted octanol–water partition coefficient (Wildman–Crippen LogP) is 3.58. The van der Waals surface area contributed by atoms with Gasteiger partial charge in [0.05, 0.1) is 18.5 Å². The SMILES string of the molecule is Cn1cc(-c2ccccc2)nc1CCc1cccc(N2C=COCC2)n1. The number of benzene rings is 1. The number of imidazole rings is 1. The van der Waals surface area contributed by atoms with Gasteiger partial charge in [0.15, 0.2) is 0 Å². The van der Waals surface area contributed by atoms with Crippen molar-refractivity contribution < 1.29 is 4.74 Å². The summed E-state index contributed by atoms with van der Waals surface area (Å²) in [5.41, 5.74) is 3.24. The Labute approximate surface area is 153 Å². The average Bonchev–Trinajstić information content (AvgIpc) is 3.09. The van der Waals surface area contributed by atoms with Crippen LogP contribution in [0.1, 0.15) is 11.5 Å². The van der Waals surface area contributed by atoms with Gasteiger partial charge in [0.1, 0.15) is 18.2 Å². The Kier molecular flexibility index (Phi) is 4.69. The molecule has 1 aliphatic heterocycles. The van der Waals surface area contributed by atoms with Crippen LogP contribution in [0.15, 0.2) is 67.2 Å². The molecule has 0 bridgehead atoms. The third-order valence-electron chi connectivity index (χ3n) is 4.52. The minimum Gasteiger partial charge on any atom is -0.498 e. The predicted molar refractivity (Wildman–Crippen MR) is 103 cm³/mol. The number of aromatic nitrogens is 3. The first kappa shape index (κ1) is 16.4. The second kappa shape index (κ2) is 7.44. The Balaban J connectivity index is 1.47. The molecule has 0 radical (unpaired) electrons. The van der Waals surface area contributed by atoms with Crippen LogP contribution in [0.2, 0.25) is 0 Å². The summed E-state index contributed by atoms with van der Waals surface area (Å²) in [6, 6.07) is 16.5. The van der Waals surface area contributed by atoms with E-state index in [9.17, 15) is 0 Å². The zero-order chi connectivity index (χ0) is 17.8. The monoisotopic (exact) mass is 346 g/mol. The third-order valence-corrected chi connectivity index (χ3v) is 4.52. The molecule has 5 heteroatoms. The van der Waals surface area contributed by atoms with Crippen molar-refractivity contribution in [1.29, 1.82) is 0 Å². The van der Waals surface area contributed by atoms with Crippen molar-refractivity contribution in [2.75, 3.05) is 18.1 Å². The van der Waals surface area contributed by atoms with Crippen LogP contribution in [-0.2, 0) is 24.6 Å². The fourth-order valence-corrected chi connectivity index (χ4v) is 3.09. The van der Waals surface area contributed by atoms with E-state index >= 15 is 0 Å². The highest BCUT2D eigenvalue weighted by Crippen LogP contribution is 2.19. The molecule has 1 aromatic carbocycles. The molecule has 0 aliphatic carbocycles. The molecule has 26 heavy (non-hydrogen) atoms. The summed E-state index contributed by atoms with van der Waals surface area (Å²) < 4.78 is 7.36. The Bertz CT molecular complexity index is 901. The molecule has 0 N–H and O–H groups in total. The normalized spacial score (nSPS) is 13.7. The molecule has 3 aromatic rings. The molecule has 5 nitrogen and oxygen atoms in total. The minimum absolute atomic E-state index is 0.692. The first-order chi connectivity index (χ1) is 12.8. The molecule has 0 atom stereocenters. The van der Waals surface area contributed by atoms with Gasteiger partial charge in [-0.3, -0.25) is 0 Å². The molecule has 1 aliphatic rings. The van der Waals surface area contributed by atoms with Crippen LogP contribution in [0, 0.1) is 0 Å². The lowest BCUT2D eigenvalue weighted by Gasteiger charge is -2.22. The molecule has 0 spiro atoms. The van der Waals surface area contributed by atoms with Crippen molar-refractivity contribution in [1.82, 2.24) is 14.5 Å². The van der Waals surface area contributed by atoms with E-state index in [2.05, 4.69) is 47.0 Å². The first-order valence-electron chi connectivity index (χ1n) is 8.88. The lowest BCUT2D eigenvalue weighted by atomic mass is 10.2. The van der Waals surface area contributed by atoms with Crippen molar-refractivity contribution in [3.8, 4) is 11.3 Å². The number of hydrogen-bond acceptors (Lipinski definition) is 4. The standard InChI is InChI=1S/C21H22N4O/c1-24-16-19(17-6-3-2-4-7-17)23-20(24)11-10-18-8-5-9-21(22-18)25-12-14-26-15-13-25/h2-9,12,14,16H,10-11,13,15H2,1H3. The number of aryl methyl sites for hydroxylation is 3. The van der Waals surface area contributed by atoms with Gasteiger partial charge in [-0.15, -0.1) is 0 Å². The molecule has 4 rings (SSSR count). The van der Waals surface area contributed by atoms with Crippen LogP contribution in [0.3, 0.4) is 0 Å². The second-order valence-electron chi connectivity index (χ2n) is 6.36. The van der Waals surface area contributed by atoms with Gasteiger partial charge in [-0.1, -0.05) is 36.4 Å². The molecule has 2 aromatic heterocycles. The summed E-state index contributed by atoms with van der Waals surface area (Å²) in [4.78, 5) is 11.7. The maximum atomic E-state index is 5.25. The molecule has 0 saturated carbocycles. The van der Waals surface area contributed by atoms with Gasteiger partial charge in [-0.05, 0) is 18.6 Å². The summed E-state index contributed by atoms with van der Waals surface area (Å²) >= 11 is 0. The number of nitrogens with zero attached hydrogens (tertiary/aromatic N) is 4. The van der Waals surface area contributed by atoms with Gasteiger partial charge in [0, 0.05) is 37.1 Å². The van der Waals surface area contributed by atoms with E-state index in [4.69, 9.17) is 14.7 Å². The van der Waals surface area contributed by atoms with Crippen LogP contribution in [0.25, 0.3) is 11.3 Å². The lowest BCUT2D eigenvalue weighted by molar-refractivity contribution is 0.245. The molecular weight excluding hydrogens is 324 g/mol. The zero-order valence-corrected chi connectivity index (χ0v) is 14.9. The van der Waals surface area contributed by atoms with Crippen LogP contribution < -0.4 is 4.90 Å². The van der Waals surface area contributed by atoms with Gasteiger partial charge in [-0.25, -0.2) is 9.97 Å². The van der Waals surface area contributed by atoms with Gasteiger partial charge in [-0.2, -0.15) is 0 Å². The maximum absolute atomic E-state index is 5.25. The van der Waals surface area contributed by atoms with Crippen molar-refractivity contribution in [2.45, 2.75) is 12.8 Å². The van der Waals surface area contributed by atoms with Gasteiger partial charge in [0.2, 0.25) is 0 Å². The largest absolute Gasteiger partial charge is 0.498 e. The molecular formula is C21H22N4O. The van der Waals surface area contributed by atoms with Crippen molar-refractivity contribution in [3.63, 3.8) is 0 Å². The summed E-state index contributed by atoms with van der Waals surface area (Å²) in [5.74, 6) is 2.04. The minimum atomic E-state index is 0.692. The van der Waals surface area contributed by atoms with Gasteiger partial charge >= 0.3 is 0 Å². The zero-order valence-electron chi connectivity index (χ0n) is 14.9. The smallest absolute Gasteiger partial charge is 0.132 e. The molecule has 132 valence electrons. The molecule has 0 amide bonds. The Hall–Kier alpha value is -3.08. The quantitative estimate of drug-likeness (QED) is 0.708. The Morgan fingerprint density at radius 3 is 2.69 bits per heavy atom. The number of ether oxygens (including phenoxy) is 1. The lowest BCUT2D eigenvalue weighted by Crippen LogP contribution is -2.25. The number of hydrogen-bond donors (Lipinski definition) is 0. The first-order valence-corrected chi connectivity index (χ1v) is 8.88. The highest BCUT2D eigenvalue weighted by atomic mass is 16.5. The molecule has 0 saturated heterocycles. The summed E-state index contributed by atoms with van der Waals surface area (Å²) in [6.45, 7) is 1.52. The number of anilines is 1. The molecule has 3 heterocycles. The highest BCUT2D eigenvalue weighted by Gasteiger charge is 2.11. The van der Waals surface area contributed by atoms with Gasteiger partial charge in [0.25, 0.3) is 0 Å². The van der Waals surface area contributed by atoms with E-state index in [0.29, 0.717) is 6.61 Å². The van der Waals surface area contributed by atoms with Crippen molar-refractivity contribution in [3.05, 3.63) is 78.7 Å². The van der Waals surface area contributed by atoms with Crippen LogP contribution >= 0.6 is 0 Å². The Morgan fingerprint density at radius 1 is 1.00 bits per heavy atom. The van der Waals surface area contributed by atoms with E-state index in [1.165, 1.54) is 0 Å². The van der Waals surface area contributed by atoms with Gasteiger partial charge < -0.3 is 14.2 Å².